The molecule has 1 aromatic rings. The fraction of sp³-hybridized carbons (Fsp3) is 0.600. The summed E-state index contributed by atoms with van der Waals surface area (Å²) in [5.74, 6) is 0.744. The van der Waals surface area contributed by atoms with Crippen LogP contribution in [0.3, 0.4) is 0 Å². The van der Waals surface area contributed by atoms with Crippen LogP contribution in [0, 0.1) is 17.8 Å². The predicted octanol–water partition coefficient (Wildman–Crippen LogP) is 2.23. The molecule has 1 heterocycles. The highest BCUT2D eigenvalue weighted by Crippen LogP contribution is 2.55. The van der Waals surface area contributed by atoms with Gasteiger partial charge in [-0.3, -0.25) is 4.90 Å². The molecule has 0 aromatic heterocycles. The van der Waals surface area contributed by atoms with Crippen LogP contribution in [0.1, 0.15) is 42.5 Å². The first-order chi connectivity index (χ1) is 12.9. The molecule has 2 atom stereocenters. The standard InChI is InChI=1S/C20H24N2O5/c23-18(24)12-1-2-16-15(7-12)22(3-4-27-16)19(25)21-17-13-5-11-6-14(17)10-20(26,8-11)9-13/h1-2,7,11,13-14,17,26H,3-6,8-10H2,(H,21,25)(H,23,24)/t11?,13?,14?,17-,20-. The number of amides is 2. The third-order valence-electron chi connectivity index (χ3n) is 6.85. The molecule has 2 unspecified atom stereocenters. The molecule has 7 nitrogen and oxygen atoms in total. The van der Waals surface area contributed by atoms with Crippen LogP contribution in [0.4, 0.5) is 10.5 Å². The van der Waals surface area contributed by atoms with Gasteiger partial charge in [-0.05, 0) is 68.1 Å². The molecular formula is C20H24N2O5. The average molecular weight is 372 g/mol. The number of ether oxygens (including phenoxy) is 1. The van der Waals surface area contributed by atoms with Crippen LogP contribution in [0.15, 0.2) is 18.2 Å². The number of nitrogens with one attached hydrogen (secondary N) is 1. The first-order valence-electron chi connectivity index (χ1n) is 9.72. The number of carboxylic acid groups (broad SMARTS) is 1. The van der Waals surface area contributed by atoms with E-state index >= 15 is 0 Å². The van der Waals surface area contributed by atoms with Gasteiger partial charge in [0.25, 0.3) is 0 Å². The van der Waals surface area contributed by atoms with Crippen LogP contribution in [0.25, 0.3) is 0 Å². The van der Waals surface area contributed by atoms with Crippen molar-refractivity contribution in [3.8, 4) is 5.75 Å². The lowest BCUT2D eigenvalue weighted by Gasteiger charge is -2.58. The number of urea groups is 1. The number of aliphatic hydroxyl groups is 1. The Hall–Kier alpha value is -2.28. The van der Waals surface area contributed by atoms with Crippen LogP contribution >= 0.6 is 0 Å². The first-order valence-corrected chi connectivity index (χ1v) is 9.72. The maximum Gasteiger partial charge on any atom is 0.335 e. The van der Waals surface area contributed by atoms with Crippen molar-refractivity contribution < 1.29 is 24.5 Å². The third kappa shape index (κ3) is 2.76. The van der Waals surface area contributed by atoms with Crippen LogP contribution < -0.4 is 15.0 Å². The Morgan fingerprint density at radius 2 is 1.93 bits per heavy atom. The Kier molecular flexibility index (Phi) is 3.66. The minimum Gasteiger partial charge on any atom is -0.490 e. The van der Waals surface area contributed by atoms with Gasteiger partial charge in [-0.15, -0.1) is 0 Å². The third-order valence-corrected chi connectivity index (χ3v) is 6.85. The molecule has 4 bridgehead atoms. The number of hydrogen-bond acceptors (Lipinski definition) is 4. The molecule has 1 aromatic carbocycles. The molecule has 0 spiro atoms. The van der Waals surface area contributed by atoms with E-state index in [9.17, 15) is 19.8 Å². The number of benzene rings is 1. The van der Waals surface area contributed by atoms with Crippen LogP contribution in [-0.4, -0.2) is 47.0 Å². The Labute approximate surface area is 157 Å². The van der Waals surface area contributed by atoms with Gasteiger partial charge in [0, 0.05) is 6.04 Å². The van der Waals surface area contributed by atoms with E-state index in [0.29, 0.717) is 42.3 Å². The van der Waals surface area contributed by atoms with Gasteiger partial charge in [0.1, 0.15) is 12.4 Å². The fourth-order valence-electron chi connectivity index (χ4n) is 6.00. The summed E-state index contributed by atoms with van der Waals surface area (Å²) >= 11 is 0. The maximum absolute atomic E-state index is 13.1. The van der Waals surface area contributed by atoms with Gasteiger partial charge in [0.05, 0.1) is 23.4 Å². The second-order valence-corrected chi connectivity index (χ2v) is 8.66. The Bertz CT molecular complexity index is 794. The SMILES string of the molecule is O=C(O)c1ccc2c(c1)N(C(=O)N[C@H]1C3CC4CC1C[C@](O)(C4)C3)CCO2. The lowest BCUT2D eigenvalue weighted by atomic mass is 9.52. The van der Waals surface area contributed by atoms with Crippen molar-refractivity contribution in [2.75, 3.05) is 18.1 Å². The van der Waals surface area contributed by atoms with E-state index < -0.39 is 11.6 Å². The van der Waals surface area contributed by atoms with Crippen molar-refractivity contribution >= 4 is 17.7 Å². The van der Waals surface area contributed by atoms with E-state index in [-0.39, 0.29) is 17.6 Å². The predicted molar refractivity (Wildman–Crippen MR) is 97.1 cm³/mol. The molecule has 6 rings (SSSR count). The lowest BCUT2D eigenvalue weighted by molar-refractivity contribution is -0.136. The molecule has 0 saturated heterocycles. The second kappa shape index (κ2) is 5.86. The molecule has 3 N–H and O–H groups in total. The molecule has 4 aliphatic carbocycles. The molecule has 7 heteroatoms. The van der Waals surface area contributed by atoms with Crippen molar-refractivity contribution in [1.82, 2.24) is 5.32 Å². The Morgan fingerprint density at radius 1 is 1.19 bits per heavy atom. The summed E-state index contributed by atoms with van der Waals surface area (Å²) < 4.78 is 5.59. The zero-order valence-corrected chi connectivity index (χ0v) is 15.1. The van der Waals surface area contributed by atoms with E-state index in [2.05, 4.69) is 5.32 Å². The minimum atomic E-state index is -1.03. The number of carboxylic acids is 1. The maximum atomic E-state index is 13.1. The summed E-state index contributed by atoms with van der Waals surface area (Å²) in [6.07, 6.45) is 4.61. The second-order valence-electron chi connectivity index (χ2n) is 8.66. The summed E-state index contributed by atoms with van der Waals surface area (Å²) in [6, 6.07) is 4.48. The zero-order valence-electron chi connectivity index (χ0n) is 15.1. The molecule has 144 valence electrons. The van der Waals surface area contributed by atoms with Crippen molar-refractivity contribution in [2.45, 2.75) is 43.7 Å². The highest BCUT2D eigenvalue weighted by atomic mass is 16.5. The zero-order chi connectivity index (χ0) is 18.8. The summed E-state index contributed by atoms with van der Waals surface area (Å²) in [7, 11) is 0. The summed E-state index contributed by atoms with van der Waals surface area (Å²) in [4.78, 5) is 25.9. The van der Waals surface area contributed by atoms with E-state index in [4.69, 9.17) is 4.74 Å². The van der Waals surface area contributed by atoms with Crippen LogP contribution in [-0.2, 0) is 0 Å². The number of carbonyl (C=O) groups excluding carboxylic acids is 1. The molecular weight excluding hydrogens is 348 g/mol. The van der Waals surface area contributed by atoms with Crippen molar-refractivity contribution in [3.63, 3.8) is 0 Å². The highest BCUT2D eigenvalue weighted by molar-refractivity contribution is 5.97. The molecule has 5 aliphatic rings. The van der Waals surface area contributed by atoms with Gasteiger partial charge in [-0.1, -0.05) is 0 Å². The van der Waals surface area contributed by atoms with Crippen molar-refractivity contribution in [1.29, 1.82) is 0 Å². The fourth-order valence-corrected chi connectivity index (χ4v) is 6.00. The van der Waals surface area contributed by atoms with Crippen molar-refractivity contribution in [3.05, 3.63) is 23.8 Å². The molecule has 4 saturated carbocycles. The molecule has 2 amide bonds. The largest absolute Gasteiger partial charge is 0.490 e. The monoisotopic (exact) mass is 372 g/mol. The lowest BCUT2D eigenvalue weighted by Crippen LogP contribution is -2.63. The number of fused-ring (bicyclic) bond motifs is 1. The Morgan fingerprint density at radius 3 is 2.59 bits per heavy atom. The number of anilines is 1. The van der Waals surface area contributed by atoms with Gasteiger partial charge >= 0.3 is 12.0 Å². The van der Waals surface area contributed by atoms with Gasteiger partial charge in [-0.25, -0.2) is 9.59 Å². The summed E-state index contributed by atoms with van der Waals surface area (Å²) in [5, 5.41) is 23.2. The van der Waals surface area contributed by atoms with Crippen LogP contribution in [0.2, 0.25) is 0 Å². The van der Waals surface area contributed by atoms with Gasteiger partial charge in [0.2, 0.25) is 0 Å². The molecule has 0 radical (unpaired) electrons. The quantitative estimate of drug-likeness (QED) is 0.739. The molecule has 4 fully saturated rings. The summed E-state index contributed by atoms with van der Waals surface area (Å²) in [6.45, 7) is 0.767. The van der Waals surface area contributed by atoms with Crippen molar-refractivity contribution in [2.24, 2.45) is 17.8 Å². The number of rotatable bonds is 2. The molecule has 1 aliphatic heterocycles. The number of aromatic carboxylic acids is 1. The average Bonchev–Trinajstić information content (AvgIpc) is 2.62. The number of carbonyl (C=O) groups is 2. The molecule has 27 heavy (non-hydrogen) atoms. The highest BCUT2D eigenvalue weighted by Gasteiger charge is 2.55. The van der Waals surface area contributed by atoms with Gasteiger partial charge in [0.15, 0.2) is 0 Å². The topological polar surface area (TPSA) is 99.1 Å². The number of nitrogens with zero attached hydrogens (tertiary/aromatic N) is 1. The minimum absolute atomic E-state index is 0.0864. The van der Waals surface area contributed by atoms with Crippen LogP contribution in [0.5, 0.6) is 5.75 Å². The summed E-state index contributed by atoms with van der Waals surface area (Å²) in [5.41, 5.74) is 0.106. The Balaban J connectivity index is 1.37. The van der Waals surface area contributed by atoms with E-state index in [1.54, 1.807) is 11.0 Å². The van der Waals surface area contributed by atoms with Gasteiger partial charge < -0.3 is 20.3 Å². The smallest absolute Gasteiger partial charge is 0.335 e. The van der Waals surface area contributed by atoms with E-state index in [1.165, 1.54) is 12.1 Å². The van der Waals surface area contributed by atoms with Gasteiger partial charge in [-0.2, -0.15) is 0 Å². The van der Waals surface area contributed by atoms with E-state index in [1.807, 2.05) is 0 Å². The van der Waals surface area contributed by atoms with E-state index in [0.717, 1.165) is 32.1 Å². The number of hydrogen-bond donors (Lipinski definition) is 3. The first kappa shape index (κ1) is 16.9. The normalized spacial score (nSPS) is 36.1.